The summed E-state index contributed by atoms with van der Waals surface area (Å²) in [5.41, 5.74) is 0.923. The molecule has 0 aromatic heterocycles. The fourth-order valence-electron chi connectivity index (χ4n) is 2.22. The molecule has 0 aliphatic heterocycles. The zero-order valence-electron chi connectivity index (χ0n) is 11.8. The molecule has 0 spiro atoms. The highest BCUT2D eigenvalue weighted by Crippen LogP contribution is 2.23. The Balaban J connectivity index is 2.35. The van der Waals surface area contributed by atoms with Crippen molar-refractivity contribution < 1.29 is 9.18 Å². The lowest BCUT2D eigenvalue weighted by atomic mass is 9.97. The zero-order valence-corrected chi connectivity index (χ0v) is 11.8. The second-order valence-electron chi connectivity index (χ2n) is 4.60. The van der Waals surface area contributed by atoms with Gasteiger partial charge in [-0.15, -0.1) is 0 Å². The first-order chi connectivity index (χ1) is 10.2. The largest absolute Gasteiger partial charge is 0.294 e. The number of carbonyl (C=O) groups is 1. The molecular weight excluding hydrogens is 265 g/mol. The van der Waals surface area contributed by atoms with Crippen molar-refractivity contribution in [1.29, 1.82) is 0 Å². The van der Waals surface area contributed by atoms with Crippen molar-refractivity contribution in [2.24, 2.45) is 4.99 Å². The Hall–Kier alpha value is -2.55. The van der Waals surface area contributed by atoms with Crippen LogP contribution >= 0.6 is 0 Å². The SMILES string of the molecule is C=N/C=C(F)\C(=C/C)CC(=O)c1cccc2ccccc12. The van der Waals surface area contributed by atoms with E-state index in [1.54, 1.807) is 19.1 Å². The van der Waals surface area contributed by atoms with Gasteiger partial charge in [0.1, 0.15) is 5.83 Å². The summed E-state index contributed by atoms with van der Waals surface area (Å²) in [6.45, 7) is 4.91. The van der Waals surface area contributed by atoms with E-state index in [0.29, 0.717) is 11.1 Å². The number of hydrogen-bond donors (Lipinski definition) is 0. The second-order valence-corrected chi connectivity index (χ2v) is 4.60. The van der Waals surface area contributed by atoms with Gasteiger partial charge in [0.2, 0.25) is 0 Å². The van der Waals surface area contributed by atoms with Gasteiger partial charge in [-0.1, -0.05) is 48.5 Å². The van der Waals surface area contributed by atoms with Gasteiger partial charge in [-0.3, -0.25) is 9.79 Å². The predicted molar refractivity (Wildman–Crippen MR) is 85.4 cm³/mol. The number of halogens is 1. The molecule has 0 atom stereocenters. The number of allylic oxidation sites excluding steroid dienone is 3. The molecule has 2 nitrogen and oxygen atoms in total. The first kappa shape index (κ1) is 14.9. The molecule has 0 aliphatic rings. The van der Waals surface area contributed by atoms with E-state index in [0.717, 1.165) is 17.0 Å². The number of nitrogens with zero attached hydrogens (tertiary/aromatic N) is 1. The van der Waals surface area contributed by atoms with Crippen LogP contribution in [0.2, 0.25) is 0 Å². The molecule has 2 aromatic rings. The molecule has 106 valence electrons. The highest BCUT2D eigenvalue weighted by atomic mass is 19.1. The van der Waals surface area contributed by atoms with Gasteiger partial charge in [0.25, 0.3) is 0 Å². The standard InChI is InChI=1S/C18H16FNO/c1-3-13(17(19)12-20-2)11-18(21)16-10-6-8-14-7-4-5-9-15(14)16/h3-10,12H,2,11H2,1H3/b13-3-,17-12+. The number of ketones is 1. The van der Waals surface area contributed by atoms with Crippen molar-refractivity contribution in [2.75, 3.05) is 0 Å². The Labute approximate surface area is 123 Å². The summed E-state index contributed by atoms with van der Waals surface area (Å²) in [6.07, 6.45) is 2.61. The van der Waals surface area contributed by atoms with E-state index < -0.39 is 5.83 Å². The summed E-state index contributed by atoms with van der Waals surface area (Å²) in [4.78, 5) is 15.9. The summed E-state index contributed by atoms with van der Waals surface area (Å²) in [7, 11) is 0. The van der Waals surface area contributed by atoms with Crippen LogP contribution in [0.1, 0.15) is 23.7 Å². The predicted octanol–water partition coefficient (Wildman–Crippen LogP) is 4.87. The highest BCUT2D eigenvalue weighted by molar-refractivity contribution is 6.09. The number of Topliss-reactive ketones (excluding diaryl/α,β-unsaturated/α-hetero) is 1. The van der Waals surface area contributed by atoms with Crippen molar-refractivity contribution in [1.82, 2.24) is 0 Å². The van der Waals surface area contributed by atoms with Crippen molar-refractivity contribution in [3.63, 3.8) is 0 Å². The van der Waals surface area contributed by atoms with E-state index in [1.165, 1.54) is 0 Å². The van der Waals surface area contributed by atoms with Gasteiger partial charge < -0.3 is 0 Å². The molecule has 3 heteroatoms. The molecule has 21 heavy (non-hydrogen) atoms. The number of rotatable bonds is 5. The van der Waals surface area contributed by atoms with Crippen LogP contribution in [-0.4, -0.2) is 12.5 Å². The van der Waals surface area contributed by atoms with Gasteiger partial charge in [-0.2, -0.15) is 0 Å². The van der Waals surface area contributed by atoms with E-state index in [9.17, 15) is 9.18 Å². The quantitative estimate of drug-likeness (QED) is 0.436. The minimum absolute atomic E-state index is 0.00234. The Morgan fingerprint density at radius 1 is 1.24 bits per heavy atom. The molecule has 0 heterocycles. The Morgan fingerprint density at radius 3 is 2.67 bits per heavy atom. The zero-order chi connectivity index (χ0) is 15.2. The van der Waals surface area contributed by atoms with E-state index in [-0.39, 0.29) is 12.2 Å². The van der Waals surface area contributed by atoms with Crippen LogP contribution in [0.4, 0.5) is 4.39 Å². The lowest BCUT2D eigenvalue weighted by molar-refractivity contribution is 0.0994. The van der Waals surface area contributed by atoms with Crippen LogP contribution < -0.4 is 0 Å². The van der Waals surface area contributed by atoms with E-state index in [1.807, 2.05) is 36.4 Å². The monoisotopic (exact) mass is 281 g/mol. The molecule has 0 radical (unpaired) electrons. The third kappa shape index (κ3) is 3.31. The fourth-order valence-corrected chi connectivity index (χ4v) is 2.22. The van der Waals surface area contributed by atoms with Gasteiger partial charge in [-0.05, 0) is 30.0 Å². The number of benzene rings is 2. The van der Waals surface area contributed by atoms with Crippen molar-refractivity contribution in [3.8, 4) is 0 Å². The van der Waals surface area contributed by atoms with Crippen molar-refractivity contribution >= 4 is 23.3 Å². The van der Waals surface area contributed by atoms with E-state index in [2.05, 4.69) is 11.7 Å². The third-order valence-electron chi connectivity index (χ3n) is 3.30. The van der Waals surface area contributed by atoms with Crippen LogP contribution in [0, 0.1) is 0 Å². The van der Waals surface area contributed by atoms with Crippen LogP contribution in [0.15, 0.2) is 71.1 Å². The number of carbonyl (C=O) groups excluding carboxylic acids is 1. The molecule has 0 bridgehead atoms. The number of fused-ring (bicyclic) bond motifs is 1. The fraction of sp³-hybridized carbons (Fsp3) is 0.111. The summed E-state index contributed by atoms with van der Waals surface area (Å²) in [5, 5.41) is 1.88. The average molecular weight is 281 g/mol. The van der Waals surface area contributed by atoms with E-state index in [4.69, 9.17) is 0 Å². The van der Waals surface area contributed by atoms with Gasteiger partial charge in [0, 0.05) is 12.0 Å². The minimum atomic E-state index is -0.527. The van der Waals surface area contributed by atoms with Gasteiger partial charge >= 0.3 is 0 Å². The van der Waals surface area contributed by atoms with Crippen LogP contribution in [0.25, 0.3) is 10.8 Å². The summed E-state index contributed by atoms with van der Waals surface area (Å²) >= 11 is 0. The lowest BCUT2D eigenvalue weighted by Gasteiger charge is -2.07. The molecule has 0 fully saturated rings. The molecule has 0 N–H and O–H groups in total. The van der Waals surface area contributed by atoms with Crippen molar-refractivity contribution in [2.45, 2.75) is 13.3 Å². The average Bonchev–Trinajstić information content (AvgIpc) is 2.52. The van der Waals surface area contributed by atoms with Gasteiger partial charge in [0.05, 0.1) is 6.20 Å². The maximum absolute atomic E-state index is 13.8. The third-order valence-corrected chi connectivity index (χ3v) is 3.30. The smallest absolute Gasteiger partial charge is 0.167 e. The molecule has 0 unspecified atom stereocenters. The first-order valence-electron chi connectivity index (χ1n) is 6.65. The molecule has 0 aliphatic carbocycles. The Morgan fingerprint density at radius 2 is 1.95 bits per heavy atom. The van der Waals surface area contributed by atoms with Crippen LogP contribution in [-0.2, 0) is 0 Å². The molecular formula is C18H16FNO. The minimum Gasteiger partial charge on any atom is -0.294 e. The van der Waals surface area contributed by atoms with Gasteiger partial charge in [-0.25, -0.2) is 4.39 Å². The summed E-state index contributed by atoms with van der Waals surface area (Å²) < 4.78 is 13.8. The van der Waals surface area contributed by atoms with Crippen LogP contribution in [0.3, 0.4) is 0 Å². The molecule has 2 rings (SSSR count). The maximum Gasteiger partial charge on any atom is 0.167 e. The Kier molecular flexibility index (Phi) is 4.77. The summed E-state index contributed by atoms with van der Waals surface area (Å²) in [5.74, 6) is -0.645. The topological polar surface area (TPSA) is 29.4 Å². The second kappa shape index (κ2) is 6.75. The normalized spacial score (nSPS) is 12.5. The Bertz CT molecular complexity index is 738. The molecule has 0 saturated carbocycles. The lowest BCUT2D eigenvalue weighted by Crippen LogP contribution is -2.02. The van der Waals surface area contributed by atoms with Gasteiger partial charge in [0.15, 0.2) is 5.78 Å². The first-order valence-corrected chi connectivity index (χ1v) is 6.65. The molecule has 0 amide bonds. The summed E-state index contributed by atoms with van der Waals surface area (Å²) in [6, 6.07) is 13.2. The molecule has 2 aromatic carbocycles. The highest BCUT2D eigenvalue weighted by Gasteiger charge is 2.14. The number of hydrogen-bond acceptors (Lipinski definition) is 2. The number of aliphatic imine (C=N–C) groups is 1. The van der Waals surface area contributed by atoms with Crippen molar-refractivity contribution in [3.05, 3.63) is 71.7 Å². The van der Waals surface area contributed by atoms with E-state index >= 15 is 0 Å². The maximum atomic E-state index is 13.8. The molecule has 0 saturated heterocycles. The van der Waals surface area contributed by atoms with Crippen LogP contribution in [0.5, 0.6) is 0 Å².